The minimum atomic E-state index is -4.86. The molecular formula is C18H22ClF3N6O2. The third-order valence-electron chi connectivity index (χ3n) is 3.58. The normalized spacial score (nSPS) is 11.3. The number of alkyl halides is 3. The van der Waals surface area contributed by atoms with Crippen LogP contribution in [0.2, 0.25) is 5.02 Å². The second kappa shape index (κ2) is 10.3. The van der Waals surface area contributed by atoms with Gasteiger partial charge in [0.2, 0.25) is 5.95 Å². The number of amides is 2. The average Bonchev–Trinajstić information content (AvgIpc) is 2.59. The number of halogens is 4. The van der Waals surface area contributed by atoms with Crippen molar-refractivity contribution >= 4 is 35.1 Å². The van der Waals surface area contributed by atoms with Crippen molar-refractivity contribution in [1.29, 1.82) is 0 Å². The van der Waals surface area contributed by atoms with E-state index in [0.29, 0.717) is 18.1 Å². The molecule has 1 aromatic carbocycles. The van der Waals surface area contributed by atoms with Crippen LogP contribution in [-0.2, 0) is 0 Å². The first kappa shape index (κ1) is 23.5. The Balaban J connectivity index is 1.96. The molecule has 0 saturated carbocycles. The largest absolute Gasteiger partial charge is 0.573 e. The number of benzene rings is 1. The minimum absolute atomic E-state index is 0.0748. The van der Waals surface area contributed by atoms with Gasteiger partial charge < -0.3 is 20.3 Å². The maximum Gasteiger partial charge on any atom is 0.573 e. The van der Waals surface area contributed by atoms with E-state index in [1.807, 2.05) is 14.1 Å². The lowest BCUT2D eigenvalue weighted by molar-refractivity contribution is -0.274. The van der Waals surface area contributed by atoms with E-state index >= 15 is 0 Å². The highest BCUT2D eigenvalue weighted by molar-refractivity contribution is 6.32. The Kier molecular flexibility index (Phi) is 8.07. The van der Waals surface area contributed by atoms with Crippen molar-refractivity contribution in [2.45, 2.75) is 19.7 Å². The van der Waals surface area contributed by atoms with Crippen molar-refractivity contribution in [3.05, 3.63) is 35.0 Å². The van der Waals surface area contributed by atoms with Gasteiger partial charge in [-0.3, -0.25) is 5.32 Å². The number of hydrogen-bond donors (Lipinski definition) is 3. The first-order valence-electron chi connectivity index (χ1n) is 8.89. The van der Waals surface area contributed by atoms with E-state index in [4.69, 9.17) is 11.6 Å². The summed E-state index contributed by atoms with van der Waals surface area (Å²) in [6, 6.07) is 4.43. The molecule has 12 heteroatoms. The Morgan fingerprint density at radius 1 is 1.20 bits per heavy atom. The van der Waals surface area contributed by atoms with Crippen molar-refractivity contribution in [3.63, 3.8) is 0 Å². The van der Waals surface area contributed by atoms with Crippen LogP contribution in [0.25, 0.3) is 0 Å². The van der Waals surface area contributed by atoms with E-state index in [1.165, 1.54) is 6.07 Å². The molecule has 1 heterocycles. The Hall–Kier alpha value is -2.79. The standard InChI is InChI=1S/C18H22ClF3N6O2/c1-11-9-15(23-7-4-8-28(2)3)26-16(24-11)27-17(29)25-12-5-6-14(13(19)10-12)30-18(20,21)22/h5-6,9-10H,4,7-8H2,1-3H3,(H3,23,24,25,26,27,29). The van der Waals surface area contributed by atoms with Crippen LogP contribution in [0.15, 0.2) is 24.3 Å². The molecule has 0 aliphatic heterocycles. The fourth-order valence-corrected chi connectivity index (χ4v) is 2.60. The summed E-state index contributed by atoms with van der Waals surface area (Å²) in [7, 11) is 3.97. The maximum atomic E-state index is 12.3. The minimum Gasteiger partial charge on any atom is -0.404 e. The summed E-state index contributed by atoms with van der Waals surface area (Å²) in [5.41, 5.74) is 0.814. The first-order valence-corrected chi connectivity index (χ1v) is 9.27. The second-order valence-electron chi connectivity index (χ2n) is 6.57. The number of carbonyl (C=O) groups is 1. The predicted octanol–water partition coefficient (Wildman–Crippen LogP) is 4.34. The van der Waals surface area contributed by atoms with Gasteiger partial charge in [-0.2, -0.15) is 4.98 Å². The van der Waals surface area contributed by atoms with E-state index in [9.17, 15) is 18.0 Å². The second-order valence-corrected chi connectivity index (χ2v) is 6.98. The molecule has 30 heavy (non-hydrogen) atoms. The van der Waals surface area contributed by atoms with Crippen molar-refractivity contribution in [3.8, 4) is 5.75 Å². The highest BCUT2D eigenvalue weighted by Crippen LogP contribution is 2.32. The molecule has 0 aliphatic rings. The number of carbonyl (C=O) groups excluding carboxylic acids is 1. The summed E-state index contributed by atoms with van der Waals surface area (Å²) in [6.07, 6.45) is -3.95. The number of anilines is 3. The molecule has 8 nitrogen and oxygen atoms in total. The molecule has 2 rings (SSSR count). The molecule has 0 aliphatic carbocycles. The predicted molar refractivity (Wildman–Crippen MR) is 109 cm³/mol. The first-order chi connectivity index (χ1) is 14.0. The van der Waals surface area contributed by atoms with Gasteiger partial charge in [0.05, 0.1) is 5.02 Å². The van der Waals surface area contributed by atoms with E-state index in [-0.39, 0.29) is 16.7 Å². The van der Waals surface area contributed by atoms with Crippen LogP contribution in [0.3, 0.4) is 0 Å². The van der Waals surface area contributed by atoms with Crippen LogP contribution in [-0.4, -0.2) is 54.4 Å². The van der Waals surface area contributed by atoms with Crippen molar-refractivity contribution < 1.29 is 22.7 Å². The molecule has 0 radical (unpaired) electrons. The van der Waals surface area contributed by atoms with Crippen LogP contribution >= 0.6 is 11.6 Å². The van der Waals surface area contributed by atoms with Crippen LogP contribution in [0.5, 0.6) is 5.75 Å². The molecule has 0 spiro atoms. The Morgan fingerprint density at radius 2 is 1.93 bits per heavy atom. The molecular weight excluding hydrogens is 425 g/mol. The number of nitrogens with zero attached hydrogens (tertiary/aromatic N) is 3. The summed E-state index contributed by atoms with van der Waals surface area (Å²) in [5.74, 6) is 0.0705. The fraction of sp³-hybridized carbons (Fsp3) is 0.389. The molecule has 0 atom stereocenters. The number of aryl methyl sites for hydroxylation is 1. The van der Waals surface area contributed by atoms with Crippen LogP contribution < -0.4 is 20.7 Å². The van der Waals surface area contributed by atoms with Gasteiger partial charge in [-0.15, -0.1) is 13.2 Å². The van der Waals surface area contributed by atoms with E-state index in [2.05, 4.69) is 35.6 Å². The Morgan fingerprint density at radius 3 is 2.57 bits per heavy atom. The zero-order chi connectivity index (χ0) is 22.3. The molecule has 2 aromatic rings. The SMILES string of the molecule is Cc1cc(NCCCN(C)C)nc(NC(=O)Nc2ccc(OC(F)(F)F)c(Cl)c2)n1. The monoisotopic (exact) mass is 446 g/mol. The summed E-state index contributed by atoms with van der Waals surface area (Å²) in [5, 5.41) is 7.78. The Labute approximate surface area is 176 Å². The van der Waals surface area contributed by atoms with E-state index in [0.717, 1.165) is 25.1 Å². The summed E-state index contributed by atoms with van der Waals surface area (Å²) < 4.78 is 40.7. The average molecular weight is 447 g/mol. The summed E-state index contributed by atoms with van der Waals surface area (Å²) in [4.78, 5) is 22.6. The molecule has 0 bridgehead atoms. The van der Waals surface area contributed by atoms with Crippen molar-refractivity contribution in [2.24, 2.45) is 0 Å². The Bertz CT molecular complexity index is 879. The zero-order valence-corrected chi connectivity index (χ0v) is 17.4. The maximum absolute atomic E-state index is 12.3. The molecule has 164 valence electrons. The lowest BCUT2D eigenvalue weighted by atomic mass is 10.3. The van der Waals surface area contributed by atoms with E-state index in [1.54, 1.807) is 13.0 Å². The van der Waals surface area contributed by atoms with Gasteiger partial charge in [-0.25, -0.2) is 9.78 Å². The van der Waals surface area contributed by atoms with Gasteiger partial charge >= 0.3 is 12.4 Å². The van der Waals surface area contributed by atoms with Crippen LogP contribution in [0, 0.1) is 6.92 Å². The molecule has 2 amide bonds. The van der Waals surface area contributed by atoms with Gasteiger partial charge in [0, 0.05) is 24.0 Å². The molecule has 0 saturated heterocycles. The molecule has 1 aromatic heterocycles. The van der Waals surface area contributed by atoms with Gasteiger partial charge in [-0.1, -0.05) is 11.6 Å². The smallest absolute Gasteiger partial charge is 0.404 e. The third kappa shape index (κ3) is 8.29. The molecule has 0 fully saturated rings. The number of rotatable bonds is 8. The van der Waals surface area contributed by atoms with Gasteiger partial charge in [0.25, 0.3) is 0 Å². The van der Waals surface area contributed by atoms with Crippen molar-refractivity contribution in [1.82, 2.24) is 14.9 Å². The lowest BCUT2D eigenvalue weighted by Gasteiger charge is -2.13. The molecule has 0 unspecified atom stereocenters. The number of ether oxygens (including phenoxy) is 1. The fourth-order valence-electron chi connectivity index (χ4n) is 2.38. The third-order valence-corrected chi connectivity index (χ3v) is 3.88. The molecule has 3 N–H and O–H groups in total. The highest BCUT2D eigenvalue weighted by Gasteiger charge is 2.32. The quantitative estimate of drug-likeness (QED) is 0.522. The highest BCUT2D eigenvalue weighted by atomic mass is 35.5. The van der Waals surface area contributed by atoms with Crippen LogP contribution in [0.4, 0.5) is 35.4 Å². The zero-order valence-electron chi connectivity index (χ0n) is 16.6. The van der Waals surface area contributed by atoms with Gasteiger partial charge in [0.1, 0.15) is 11.6 Å². The van der Waals surface area contributed by atoms with Gasteiger partial charge in [-0.05, 0) is 52.2 Å². The number of nitrogens with one attached hydrogen (secondary N) is 3. The number of aromatic nitrogens is 2. The van der Waals surface area contributed by atoms with Crippen molar-refractivity contribution in [2.75, 3.05) is 43.1 Å². The topological polar surface area (TPSA) is 91.4 Å². The number of urea groups is 1. The number of hydrogen-bond acceptors (Lipinski definition) is 6. The van der Waals surface area contributed by atoms with Crippen LogP contribution in [0.1, 0.15) is 12.1 Å². The van der Waals surface area contributed by atoms with Gasteiger partial charge in [0.15, 0.2) is 0 Å². The van der Waals surface area contributed by atoms with E-state index < -0.39 is 18.1 Å². The summed E-state index contributed by atoms with van der Waals surface area (Å²) in [6.45, 7) is 3.37. The lowest BCUT2D eigenvalue weighted by Crippen LogP contribution is -2.22. The summed E-state index contributed by atoms with van der Waals surface area (Å²) >= 11 is 5.77.